The van der Waals surface area contributed by atoms with Crippen molar-refractivity contribution in [1.29, 1.82) is 0 Å². The molecule has 1 aromatic rings. The standard InChI is InChI=1S/C12H17NO/c1-9-6-12(14)3-2-11(9)7-10-4-5-13-8-10/h2-3,6,10,13-14H,4-5,7-8H2,1H3. The molecule has 1 aromatic carbocycles. The van der Waals surface area contributed by atoms with E-state index in [2.05, 4.69) is 12.2 Å². The van der Waals surface area contributed by atoms with Crippen LogP contribution in [0, 0.1) is 12.8 Å². The van der Waals surface area contributed by atoms with Crippen molar-refractivity contribution in [2.75, 3.05) is 13.1 Å². The van der Waals surface area contributed by atoms with Crippen LogP contribution >= 0.6 is 0 Å². The first kappa shape index (κ1) is 9.53. The smallest absolute Gasteiger partial charge is 0.115 e. The van der Waals surface area contributed by atoms with Crippen LogP contribution in [0.3, 0.4) is 0 Å². The van der Waals surface area contributed by atoms with Gasteiger partial charge in [-0.3, -0.25) is 0 Å². The lowest BCUT2D eigenvalue weighted by atomic mass is 9.95. The first-order chi connectivity index (χ1) is 6.75. The van der Waals surface area contributed by atoms with Crippen molar-refractivity contribution in [3.63, 3.8) is 0 Å². The molecule has 1 fully saturated rings. The number of rotatable bonds is 2. The highest BCUT2D eigenvalue weighted by Gasteiger charge is 2.15. The van der Waals surface area contributed by atoms with E-state index < -0.39 is 0 Å². The summed E-state index contributed by atoms with van der Waals surface area (Å²) < 4.78 is 0. The van der Waals surface area contributed by atoms with Crippen LogP contribution in [0.1, 0.15) is 17.5 Å². The van der Waals surface area contributed by atoms with Crippen molar-refractivity contribution in [1.82, 2.24) is 5.32 Å². The Bertz CT molecular complexity index is 316. The average molecular weight is 191 g/mol. The average Bonchev–Trinajstić information content (AvgIpc) is 2.62. The second kappa shape index (κ2) is 4.01. The molecule has 2 N–H and O–H groups in total. The molecule has 1 aliphatic rings. The highest BCUT2D eigenvalue weighted by Crippen LogP contribution is 2.21. The second-order valence-electron chi connectivity index (χ2n) is 4.17. The highest BCUT2D eigenvalue weighted by atomic mass is 16.3. The quantitative estimate of drug-likeness (QED) is 0.747. The topological polar surface area (TPSA) is 32.3 Å². The number of aromatic hydroxyl groups is 1. The summed E-state index contributed by atoms with van der Waals surface area (Å²) in [5.41, 5.74) is 2.58. The fraction of sp³-hybridized carbons (Fsp3) is 0.500. The molecular weight excluding hydrogens is 174 g/mol. The summed E-state index contributed by atoms with van der Waals surface area (Å²) >= 11 is 0. The molecule has 0 saturated carbocycles. The molecule has 0 aliphatic carbocycles. The molecule has 76 valence electrons. The van der Waals surface area contributed by atoms with Gasteiger partial charge in [0.1, 0.15) is 5.75 Å². The number of aryl methyl sites for hydroxylation is 1. The highest BCUT2D eigenvalue weighted by molar-refractivity contribution is 5.34. The van der Waals surface area contributed by atoms with Gasteiger partial charge in [0, 0.05) is 0 Å². The molecule has 2 nitrogen and oxygen atoms in total. The zero-order valence-corrected chi connectivity index (χ0v) is 8.59. The fourth-order valence-corrected chi connectivity index (χ4v) is 2.11. The molecule has 14 heavy (non-hydrogen) atoms. The van der Waals surface area contributed by atoms with Gasteiger partial charge >= 0.3 is 0 Å². The van der Waals surface area contributed by atoms with Gasteiger partial charge in [0.15, 0.2) is 0 Å². The largest absolute Gasteiger partial charge is 0.508 e. The van der Waals surface area contributed by atoms with Crippen molar-refractivity contribution < 1.29 is 5.11 Å². The van der Waals surface area contributed by atoms with E-state index in [1.54, 1.807) is 6.07 Å². The third-order valence-electron chi connectivity index (χ3n) is 3.00. The van der Waals surface area contributed by atoms with E-state index in [-0.39, 0.29) is 0 Å². The molecule has 0 spiro atoms. The van der Waals surface area contributed by atoms with Gasteiger partial charge in [-0.1, -0.05) is 6.07 Å². The fourth-order valence-electron chi connectivity index (χ4n) is 2.11. The number of hydrogen-bond acceptors (Lipinski definition) is 2. The predicted molar refractivity (Wildman–Crippen MR) is 57.5 cm³/mol. The van der Waals surface area contributed by atoms with Crippen LogP contribution in [0.25, 0.3) is 0 Å². The minimum Gasteiger partial charge on any atom is -0.508 e. The van der Waals surface area contributed by atoms with Gasteiger partial charge in [0.25, 0.3) is 0 Å². The van der Waals surface area contributed by atoms with Crippen LogP contribution in [0.5, 0.6) is 5.75 Å². The van der Waals surface area contributed by atoms with Crippen LogP contribution in [-0.4, -0.2) is 18.2 Å². The van der Waals surface area contributed by atoms with Gasteiger partial charge < -0.3 is 10.4 Å². The molecule has 0 radical (unpaired) electrons. The minimum absolute atomic E-state index is 0.371. The molecular formula is C12H17NO. The summed E-state index contributed by atoms with van der Waals surface area (Å²) in [6.07, 6.45) is 2.42. The maximum absolute atomic E-state index is 9.29. The molecule has 1 heterocycles. The number of phenols is 1. The van der Waals surface area contributed by atoms with Gasteiger partial charge in [-0.05, 0) is 62.0 Å². The Labute approximate surface area is 85.0 Å². The Hall–Kier alpha value is -1.02. The molecule has 1 aliphatic heterocycles. The summed E-state index contributed by atoms with van der Waals surface area (Å²) in [6, 6.07) is 5.67. The maximum atomic E-state index is 9.29. The van der Waals surface area contributed by atoms with Crippen molar-refractivity contribution in [3.05, 3.63) is 29.3 Å². The molecule has 1 atom stereocenters. The van der Waals surface area contributed by atoms with Gasteiger partial charge in [-0.25, -0.2) is 0 Å². The lowest BCUT2D eigenvalue weighted by Crippen LogP contribution is -2.11. The van der Waals surface area contributed by atoms with E-state index in [4.69, 9.17) is 0 Å². The Morgan fingerprint density at radius 1 is 1.50 bits per heavy atom. The SMILES string of the molecule is Cc1cc(O)ccc1CC1CCNC1. The van der Waals surface area contributed by atoms with Gasteiger partial charge in [0.05, 0.1) is 0 Å². The normalized spacial score (nSPS) is 21.4. The number of hydrogen-bond donors (Lipinski definition) is 2. The van der Waals surface area contributed by atoms with Gasteiger partial charge in [0.2, 0.25) is 0 Å². The molecule has 0 aromatic heterocycles. The lowest BCUT2D eigenvalue weighted by molar-refractivity contribution is 0.474. The Morgan fingerprint density at radius 3 is 3.00 bits per heavy atom. The van der Waals surface area contributed by atoms with E-state index in [1.165, 1.54) is 17.5 Å². The van der Waals surface area contributed by atoms with E-state index in [0.717, 1.165) is 25.4 Å². The van der Waals surface area contributed by atoms with Gasteiger partial charge in [-0.15, -0.1) is 0 Å². The van der Waals surface area contributed by atoms with Crippen LogP contribution in [-0.2, 0) is 6.42 Å². The molecule has 0 bridgehead atoms. The van der Waals surface area contributed by atoms with Crippen LogP contribution in [0.4, 0.5) is 0 Å². The third-order valence-corrected chi connectivity index (χ3v) is 3.00. The minimum atomic E-state index is 0.371. The van der Waals surface area contributed by atoms with E-state index in [9.17, 15) is 5.11 Å². The molecule has 2 rings (SSSR count). The number of benzene rings is 1. The molecule has 1 unspecified atom stereocenters. The van der Waals surface area contributed by atoms with E-state index >= 15 is 0 Å². The third kappa shape index (κ3) is 2.07. The van der Waals surface area contributed by atoms with E-state index in [1.807, 2.05) is 12.1 Å². The zero-order chi connectivity index (χ0) is 9.97. The van der Waals surface area contributed by atoms with Crippen molar-refractivity contribution >= 4 is 0 Å². The Kier molecular flexibility index (Phi) is 2.73. The number of nitrogens with one attached hydrogen (secondary N) is 1. The predicted octanol–water partition coefficient (Wildman–Crippen LogP) is 1.85. The Balaban J connectivity index is 2.08. The maximum Gasteiger partial charge on any atom is 0.115 e. The monoisotopic (exact) mass is 191 g/mol. The summed E-state index contributed by atoms with van der Waals surface area (Å²) in [7, 11) is 0. The van der Waals surface area contributed by atoms with Crippen LogP contribution in [0.2, 0.25) is 0 Å². The van der Waals surface area contributed by atoms with Crippen molar-refractivity contribution in [2.24, 2.45) is 5.92 Å². The molecule has 1 saturated heterocycles. The molecule has 2 heteroatoms. The number of phenolic OH excluding ortho intramolecular Hbond substituents is 1. The Morgan fingerprint density at radius 2 is 2.36 bits per heavy atom. The summed E-state index contributed by atoms with van der Waals surface area (Å²) in [6.45, 7) is 4.36. The lowest BCUT2D eigenvalue weighted by Gasteiger charge is -2.10. The van der Waals surface area contributed by atoms with Gasteiger partial charge in [-0.2, -0.15) is 0 Å². The van der Waals surface area contributed by atoms with Crippen LogP contribution < -0.4 is 5.32 Å². The first-order valence-corrected chi connectivity index (χ1v) is 5.25. The van der Waals surface area contributed by atoms with Crippen molar-refractivity contribution in [3.8, 4) is 5.75 Å². The van der Waals surface area contributed by atoms with Crippen LogP contribution in [0.15, 0.2) is 18.2 Å². The second-order valence-corrected chi connectivity index (χ2v) is 4.17. The van der Waals surface area contributed by atoms with E-state index in [0.29, 0.717) is 5.75 Å². The summed E-state index contributed by atoms with van der Waals surface area (Å²) in [4.78, 5) is 0. The van der Waals surface area contributed by atoms with Crippen molar-refractivity contribution in [2.45, 2.75) is 19.8 Å². The summed E-state index contributed by atoms with van der Waals surface area (Å²) in [5, 5.41) is 12.7. The molecule has 0 amide bonds. The first-order valence-electron chi connectivity index (χ1n) is 5.25. The zero-order valence-electron chi connectivity index (χ0n) is 8.59. The summed E-state index contributed by atoms with van der Waals surface area (Å²) in [5.74, 6) is 1.15.